The Morgan fingerprint density at radius 3 is 1.20 bits per heavy atom. The van der Waals surface area contributed by atoms with E-state index in [4.69, 9.17) is 14.2 Å². The number of rotatable bonds is 9. The maximum absolute atomic E-state index is 13.6. The summed E-state index contributed by atoms with van der Waals surface area (Å²) in [4.78, 5) is 60.3. The average molecular weight is 862 g/mol. The van der Waals surface area contributed by atoms with E-state index in [1.165, 1.54) is 39.5 Å². The lowest BCUT2D eigenvalue weighted by atomic mass is 10.2. The van der Waals surface area contributed by atoms with Crippen molar-refractivity contribution in [1.29, 1.82) is 0 Å². The lowest BCUT2D eigenvalue weighted by Gasteiger charge is -2.14. The summed E-state index contributed by atoms with van der Waals surface area (Å²) in [5.74, 6) is -4.76. The number of amides is 5. The SMILES string of the molecule is CC(=O)NC[C@H]1CN(c2cc(F)c(C)c(F)c2)C(=O)O1.CC(=O)NC[C@H]1CN(c2cc(F)c(C)c(F)c2)C(=O)O1.Cc1c(F)cc(N2C[C@H](Cn3cccn3)OC2=O)cc1F. The molecule has 0 bridgehead atoms. The molecule has 0 saturated carbocycles. The van der Waals surface area contributed by atoms with Gasteiger partial charge in [-0.25, -0.2) is 40.7 Å². The fourth-order valence-corrected chi connectivity index (χ4v) is 6.00. The summed E-state index contributed by atoms with van der Waals surface area (Å²) in [6.07, 6.45) is -0.121. The van der Waals surface area contributed by atoms with Crippen LogP contribution in [0.4, 0.5) is 57.8 Å². The molecule has 7 rings (SSSR count). The molecule has 0 radical (unpaired) electrons. The van der Waals surface area contributed by atoms with Gasteiger partial charge in [-0.05, 0) is 63.2 Å². The van der Waals surface area contributed by atoms with Crippen molar-refractivity contribution in [3.05, 3.63) is 106 Å². The number of nitrogens with one attached hydrogen (secondary N) is 2. The minimum atomic E-state index is -0.724. The fourth-order valence-electron chi connectivity index (χ4n) is 6.00. The number of carbonyl (C=O) groups excluding carboxylic acids is 5. The molecule has 0 unspecified atom stereocenters. The number of halogens is 6. The van der Waals surface area contributed by atoms with E-state index in [1.807, 2.05) is 0 Å². The topological polar surface area (TPSA) is 165 Å². The van der Waals surface area contributed by atoms with Crippen LogP contribution in [0.15, 0.2) is 54.9 Å². The molecule has 3 aliphatic heterocycles. The van der Waals surface area contributed by atoms with Gasteiger partial charge in [0.05, 0.1) is 56.3 Å². The Kier molecular flexibility index (Phi) is 14.5. The number of carbonyl (C=O) groups is 5. The summed E-state index contributed by atoms with van der Waals surface area (Å²) >= 11 is 0. The second kappa shape index (κ2) is 19.5. The van der Waals surface area contributed by atoms with Gasteiger partial charge in [0.15, 0.2) is 0 Å². The molecule has 5 amide bonds. The van der Waals surface area contributed by atoms with Crippen molar-refractivity contribution in [1.82, 2.24) is 20.4 Å². The van der Waals surface area contributed by atoms with E-state index in [-0.39, 0.29) is 78.3 Å². The van der Waals surface area contributed by atoms with Crippen molar-refractivity contribution in [3.8, 4) is 0 Å². The first-order valence-corrected chi connectivity index (χ1v) is 18.6. The van der Waals surface area contributed by atoms with E-state index in [0.29, 0.717) is 6.54 Å². The third-order valence-corrected chi connectivity index (χ3v) is 9.46. The highest BCUT2D eigenvalue weighted by Crippen LogP contribution is 2.28. The van der Waals surface area contributed by atoms with Crippen LogP contribution in [-0.2, 0) is 30.3 Å². The molecule has 15 nitrogen and oxygen atoms in total. The summed E-state index contributed by atoms with van der Waals surface area (Å²) < 4.78 is 98.0. The highest BCUT2D eigenvalue weighted by atomic mass is 19.2. The van der Waals surface area contributed by atoms with Crippen LogP contribution >= 0.6 is 0 Å². The van der Waals surface area contributed by atoms with Crippen molar-refractivity contribution in [2.45, 2.75) is 59.5 Å². The monoisotopic (exact) mass is 861 g/mol. The second-order valence-corrected chi connectivity index (χ2v) is 14.1. The first-order valence-electron chi connectivity index (χ1n) is 18.6. The molecular weight excluding hydrogens is 820 g/mol. The van der Waals surface area contributed by atoms with Gasteiger partial charge in [-0.15, -0.1) is 0 Å². The second-order valence-electron chi connectivity index (χ2n) is 14.1. The van der Waals surface area contributed by atoms with E-state index in [9.17, 15) is 50.3 Å². The zero-order chi connectivity index (χ0) is 44.7. The van der Waals surface area contributed by atoms with E-state index >= 15 is 0 Å². The van der Waals surface area contributed by atoms with Gasteiger partial charge >= 0.3 is 18.3 Å². The van der Waals surface area contributed by atoms with Gasteiger partial charge in [-0.2, -0.15) is 5.10 Å². The molecule has 3 aromatic carbocycles. The molecule has 2 N–H and O–H groups in total. The predicted molar refractivity (Wildman–Crippen MR) is 206 cm³/mol. The minimum absolute atomic E-state index is 0.0700. The summed E-state index contributed by atoms with van der Waals surface area (Å²) in [7, 11) is 0. The molecule has 3 saturated heterocycles. The molecule has 61 heavy (non-hydrogen) atoms. The molecule has 1 aromatic heterocycles. The Hall–Kier alpha value is -6.80. The molecular formula is C40H41F6N7O8. The Balaban J connectivity index is 0.000000173. The van der Waals surface area contributed by atoms with Gasteiger partial charge in [0.25, 0.3) is 0 Å². The van der Waals surface area contributed by atoms with Crippen molar-refractivity contribution in [2.24, 2.45) is 0 Å². The maximum Gasteiger partial charge on any atom is 0.414 e. The van der Waals surface area contributed by atoms with E-state index in [1.54, 1.807) is 23.1 Å². The third kappa shape index (κ3) is 11.5. The number of ether oxygens (including phenoxy) is 3. The Bertz CT molecular complexity index is 2130. The number of hydrogen-bond donors (Lipinski definition) is 2. The van der Waals surface area contributed by atoms with Crippen LogP contribution < -0.4 is 25.3 Å². The lowest BCUT2D eigenvalue weighted by Crippen LogP contribution is -2.33. The molecule has 0 aliphatic carbocycles. The Morgan fingerprint density at radius 1 is 0.590 bits per heavy atom. The van der Waals surface area contributed by atoms with Crippen molar-refractivity contribution >= 4 is 47.2 Å². The van der Waals surface area contributed by atoms with Crippen LogP contribution in [0, 0.1) is 55.7 Å². The third-order valence-electron chi connectivity index (χ3n) is 9.46. The molecule has 0 spiro atoms. The summed E-state index contributed by atoms with van der Waals surface area (Å²) in [5.41, 5.74) is 0.0806. The van der Waals surface area contributed by atoms with Gasteiger partial charge in [-0.3, -0.25) is 29.0 Å². The molecule has 3 fully saturated rings. The lowest BCUT2D eigenvalue weighted by molar-refractivity contribution is -0.120. The van der Waals surface area contributed by atoms with Crippen molar-refractivity contribution in [2.75, 3.05) is 47.4 Å². The minimum Gasteiger partial charge on any atom is -0.442 e. The van der Waals surface area contributed by atoms with Crippen LogP contribution in [0.5, 0.6) is 0 Å². The molecule has 21 heteroatoms. The zero-order valence-corrected chi connectivity index (χ0v) is 33.4. The van der Waals surface area contributed by atoms with Gasteiger partial charge < -0.3 is 24.8 Å². The van der Waals surface area contributed by atoms with Gasteiger partial charge in [-0.1, -0.05) is 0 Å². The Labute approximate surface area is 345 Å². The quantitative estimate of drug-likeness (QED) is 0.153. The van der Waals surface area contributed by atoms with Crippen LogP contribution in [0.3, 0.4) is 0 Å². The van der Waals surface area contributed by atoms with Gasteiger partial charge in [0.1, 0.15) is 53.2 Å². The van der Waals surface area contributed by atoms with Crippen molar-refractivity contribution in [3.63, 3.8) is 0 Å². The van der Waals surface area contributed by atoms with Crippen LogP contribution in [0.2, 0.25) is 0 Å². The summed E-state index contributed by atoms with van der Waals surface area (Å²) in [6, 6.07) is 8.37. The van der Waals surface area contributed by atoms with Crippen LogP contribution in [0.25, 0.3) is 0 Å². The highest BCUT2D eigenvalue weighted by Gasteiger charge is 2.35. The zero-order valence-electron chi connectivity index (χ0n) is 33.4. The largest absolute Gasteiger partial charge is 0.442 e. The fraction of sp³-hybridized carbons (Fsp3) is 0.350. The van der Waals surface area contributed by atoms with Crippen LogP contribution in [-0.4, -0.2) is 90.9 Å². The average Bonchev–Trinajstić information content (AvgIpc) is 4.01. The molecule has 326 valence electrons. The molecule has 4 heterocycles. The standard InChI is InChI=1S/C14H13F2N3O2.2C13H14F2N2O3/c1-9-12(15)5-10(6-13(9)16)19-8-11(21-14(19)20)7-18-4-2-3-17-18;2*1-7-11(14)3-9(4-12(7)15)17-6-10(20-13(17)19)5-16-8(2)18/h2-6,11H,7-8H2,1H3;2*3-4,10H,5-6H2,1-2H3,(H,16,18)/t11-;2*10-/m000/s1. The number of anilines is 3. The summed E-state index contributed by atoms with van der Waals surface area (Å²) in [5, 5.41) is 9.07. The molecule has 3 aliphatic rings. The number of benzene rings is 3. The number of cyclic esters (lactones) is 3. The molecule has 4 aromatic rings. The van der Waals surface area contributed by atoms with Gasteiger partial charge in [0.2, 0.25) is 11.8 Å². The first-order chi connectivity index (χ1) is 28.8. The molecule has 3 atom stereocenters. The van der Waals surface area contributed by atoms with Crippen molar-refractivity contribution < 1.29 is 64.5 Å². The van der Waals surface area contributed by atoms with E-state index in [0.717, 1.165) is 46.2 Å². The number of hydrogen-bond acceptors (Lipinski definition) is 9. The highest BCUT2D eigenvalue weighted by molar-refractivity contribution is 5.91. The first kappa shape index (κ1) is 45.3. The van der Waals surface area contributed by atoms with E-state index in [2.05, 4.69) is 15.7 Å². The number of nitrogens with zero attached hydrogens (tertiary/aromatic N) is 5. The van der Waals surface area contributed by atoms with Gasteiger partial charge in [0, 0.05) is 42.9 Å². The normalized spacial score (nSPS) is 18.1. The van der Waals surface area contributed by atoms with Crippen LogP contribution in [0.1, 0.15) is 30.5 Å². The smallest absolute Gasteiger partial charge is 0.414 e. The maximum atomic E-state index is 13.6. The predicted octanol–water partition coefficient (Wildman–Crippen LogP) is 5.96. The summed E-state index contributed by atoms with van der Waals surface area (Å²) in [6.45, 7) is 7.86. The Morgan fingerprint density at radius 2 is 0.902 bits per heavy atom. The van der Waals surface area contributed by atoms with E-state index < -0.39 is 71.5 Å². The number of aromatic nitrogens is 2.